The third-order valence-electron chi connectivity index (χ3n) is 5.04. The zero-order valence-corrected chi connectivity index (χ0v) is 19.4. The smallest absolute Gasteiger partial charge is 0.244 e. The highest BCUT2D eigenvalue weighted by Crippen LogP contribution is 2.29. The van der Waals surface area contributed by atoms with Crippen LogP contribution in [0.3, 0.4) is 0 Å². The SMILES string of the molecule is CCCN(CC(=O)Nc1ccccc1C)C(=O)Cc1sc(C)nc1-c1ccc(C)cc1. The van der Waals surface area contributed by atoms with E-state index in [1.54, 1.807) is 16.2 Å². The number of aryl methyl sites for hydroxylation is 3. The number of benzene rings is 2. The van der Waals surface area contributed by atoms with E-state index in [0.717, 1.165) is 38.8 Å². The normalized spacial score (nSPS) is 10.7. The van der Waals surface area contributed by atoms with E-state index in [0.29, 0.717) is 6.54 Å². The van der Waals surface area contributed by atoms with E-state index in [2.05, 4.69) is 22.4 Å². The molecule has 0 radical (unpaired) electrons. The summed E-state index contributed by atoms with van der Waals surface area (Å²) in [5.74, 6) is -0.242. The van der Waals surface area contributed by atoms with Gasteiger partial charge >= 0.3 is 0 Å². The summed E-state index contributed by atoms with van der Waals surface area (Å²) in [5.41, 5.74) is 4.82. The standard InChI is InChI=1S/C25H29N3O2S/c1-5-14-28(16-23(29)27-21-9-7-6-8-18(21)3)24(30)15-22-25(26-19(4)31-22)20-12-10-17(2)11-13-20/h6-13H,5,14-16H2,1-4H3,(H,27,29). The van der Waals surface area contributed by atoms with Crippen LogP contribution in [0.4, 0.5) is 5.69 Å². The molecule has 162 valence electrons. The van der Waals surface area contributed by atoms with Crippen LogP contribution in [0.5, 0.6) is 0 Å². The maximum atomic E-state index is 13.1. The Balaban J connectivity index is 1.73. The minimum absolute atomic E-state index is 0.0403. The number of hydrogen-bond donors (Lipinski definition) is 1. The van der Waals surface area contributed by atoms with E-state index in [-0.39, 0.29) is 24.8 Å². The molecule has 1 heterocycles. The lowest BCUT2D eigenvalue weighted by Gasteiger charge is -2.22. The number of para-hydroxylation sites is 1. The molecule has 0 atom stereocenters. The molecule has 3 aromatic rings. The van der Waals surface area contributed by atoms with Crippen molar-refractivity contribution in [2.45, 2.75) is 40.5 Å². The molecule has 0 bridgehead atoms. The molecule has 2 aromatic carbocycles. The Morgan fingerprint density at radius 2 is 1.74 bits per heavy atom. The summed E-state index contributed by atoms with van der Waals surface area (Å²) in [6, 6.07) is 15.8. The Bertz CT molecular complexity index is 1060. The van der Waals surface area contributed by atoms with Crippen molar-refractivity contribution in [3.05, 3.63) is 69.5 Å². The molecule has 2 amide bonds. The monoisotopic (exact) mass is 435 g/mol. The minimum Gasteiger partial charge on any atom is -0.333 e. The molecule has 0 aliphatic carbocycles. The van der Waals surface area contributed by atoms with E-state index in [1.807, 2.05) is 64.1 Å². The second-order valence-corrected chi connectivity index (χ2v) is 9.01. The summed E-state index contributed by atoms with van der Waals surface area (Å²) < 4.78 is 0. The summed E-state index contributed by atoms with van der Waals surface area (Å²) in [6.07, 6.45) is 1.03. The fourth-order valence-corrected chi connectivity index (χ4v) is 4.36. The van der Waals surface area contributed by atoms with Gasteiger partial charge in [-0.1, -0.05) is 55.0 Å². The zero-order chi connectivity index (χ0) is 22.4. The third kappa shape index (κ3) is 6.01. The molecular weight excluding hydrogens is 406 g/mol. The second-order valence-electron chi connectivity index (χ2n) is 7.73. The Morgan fingerprint density at radius 1 is 1.03 bits per heavy atom. The van der Waals surface area contributed by atoms with E-state index in [9.17, 15) is 9.59 Å². The number of anilines is 1. The Morgan fingerprint density at radius 3 is 2.42 bits per heavy atom. The number of carbonyl (C=O) groups is 2. The molecule has 6 heteroatoms. The van der Waals surface area contributed by atoms with Gasteiger partial charge in [-0.2, -0.15) is 0 Å². The molecule has 3 rings (SSSR count). The predicted octanol–water partition coefficient (Wildman–Crippen LogP) is 5.16. The minimum atomic E-state index is -0.185. The highest BCUT2D eigenvalue weighted by molar-refractivity contribution is 7.12. The van der Waals surface area contributed by atoms with E-state index in [1.165, 1.54) is 5.56 Å². The molecular formula is C25H29N3O2S. The lowest BCUT2D eigenvalue weighted by atomic mass is 10.1. The molecule has 0 saturated carbocycles. The molecule has 0 spiro atoms. The van der Waals surface area contributed by atoms with Crippen molar-refractivity contribution in [3.63, 3.8) is 0 Å². The first kappa shape index (κ1) is 22.7. The van der Waals surface area contributed by atoms with Crippen LogP contribution in [-0.4, -0.2) is 34.8 Å². The maximum Gasteiger partial charge on any atom is 0.244 e. The first-order chi connectivity index (χ1) is 14.9. The van der Waals surface area contributed by atoms with E-state index >= 15 is 0 Å². The average molecular weight is 436 g/mol. The molecule has 1 aromatic heterocycles. The first-order valence-electron chi connectivity index (χ1n) is 10.5. The summed E-state index contributed by atoms with van der Waals surface area (Å²) >= 11 is 1.54. The molecule has 0 fully saturated rings. The van der Waals surface area contributed by atoms with Gasteiger partial charge in [-0.05, 0) is 38.8 Å². The van der Waals surface area contributed by atoms with Crippen LogP contribution in [0, 0.1) is 20.8 Å². The van der Waals surface area contributed by atoms with Gasteiger partial charge in [0.2, 0.25) is 11.8 Å². The number of nitrogens with one attached hydrogen (secondary N) is 1. The Labute approximate surface area is 188 Å². The fourth-order valence-electron chi connectivity index (χ4n) is 3.41. The number of hydrogen-bond acceptors (Lipinski definition) is 4. The molecule has 31 heavy (non-hydrogen) atoms. The van der Waals surface area contributed by atoms with Gasteiger partial charge in [0, 0.05) is 22.7 Å². The quantitative estimate of drug-likeness (QED) is 0.532. The van der Waals surface area contributed by atoms with Crippen molar-refractivity contribution in [1.82, 2.24) is 9.88 Å². The van der Waals surface area contributed by atoms with Crippen LogP contribution in [-0.2, 0) is 16.0 Å². The molecule has 0 saturated heterocycles. The van der Waals surface area contributed by atoms with Crippen molar-refractivity contribution in [2.75, 3.05) is 18.4 Å². The summed E-state index contributed by atoms with van der Waals surface area (Å²) in [7, 11) is 0. The van der Waals surface area contributed by atoms with Gasteiger partial charge in [0.05, 0.1) is 23.7 Å². The van der Waals surface area contributed by atoms with Crippen LogP contribution >= 0.6 is 11.3 Å². The van der Waals surface area contributed by atoms with Crippen molar-refractivity contribution in [2.24, 2.45) is 0 Å². The maximum absolute atomic E-state index is 13.1. The van der Waals surface area contributed by atoms with E-state index in [4.69, 9.17) is 0 Å². The summed E-state index contributed by atoms with van der Waals surface area (Å²) in [5, 5.41) is 3.85. The first-order valence-corrected chi connectivity index (χ1v) is 11.4. The van der Waals surface area contributed by atoms with Gasteiger partial charge in [0.25, 0.3) is 0 Å². The average Bonchev–Trinajstić information content (AvgIpc) is 3.10. The molecule has 0 aliphatic heterocycles. The van der Waals surface area contributed by atoms with Gasteiger partial charge in [0.1, 0.15) is 0 Å². The van der Waals surface area contributed by atoms with Crippen LogP contribution in [0.15, 0.2) is 48.5 Å². The number of rotatable bonds is 8. The predicted molar refractivity (Wildman–Crippen MR) is 127 cm³/mol. The third-order valence-corrected chi connectivity index (χ3v) is 6.01. The summed E-state index contributed by atoms with van der Waals surface area (Å²) in [4.78, 5) is 33.0. The molecule has 0 unspecified atom stereocenters. The number of carbonyl (C=O) groups excluding carboxylic acids is 2. The van der Waals surface area contributed by atoms with Gasteiger partial charge in [-0.25, -0.2) is 4.98 Å². The van der Waals surface area contributed by atoms with Gasteiger partial charge < -0.3 is 10.2 Å². The number of nitrogens with zero attached hydrogens (tertiary/aromatic N) is 2. The highest BCUT2D eigenvalue weighted by atomic mass is 32.1. The van der Waals surface area contributed by atoms with Crippen LogP contribution < -0.4 is 5.32 Å². The van der Waals surface area contributed by atoms with Gasteiger partial charge in [0.15, 0.2) is 0 Å². The zero-order valence-electron chi connectivity index (χ0n) is 18.6. The van der Waals surface area contributed by atoms with Crippen molar-refractivity contribution < 1.29 is 9.59 Å². The molecule has 5 nitrogen and oxygen atoms in total. The van der Waals surface area contributed by atoms with Crippen molar-refractivity contribution in [1.29, 1.82) is 0 Å². The summed E-state index contributed by atoms with van der Waals surface area (Å²) in [6.45, 7) is 8.54. The topological polar surface area (TPSA) is 62.3 Å². The number of amides is 2. The largest absolute Gasteiger partial charge is 0.333 e. The van der Waals surface area contributed by atoms with Gasteiger partial charge in [-0.15, -0.1) is 11.3 Å². The Kier molecular flexibility index (Phi) is 7.58. The Hall–Kier alpha value is -2.99. The van der Waals surface area contributed by atoms with Crippen LogP contribution in [0.25, 0.3) is 11.3 Å². The lowest BCUT2D eigenvalue weighted by Crippen LogP contribution is -2.39. The van der Waals surface area contributed by atoms with Crippen LogP contribution in [0.1, 0.15) is 34.4 Å². The highest BCUT2D eigenvalue weighted by Gasteiger charge is 2.21. The number of thiazole rings is 1. The van der Waals surface area contributed by atoms with Crippen LogP contribution in [0.2, 0.25) is 0 Å². The lowest BCUT2D eigenvalue weighted by molar-refractivity contribution is -0.134. The molecule has 0 aliphatic rings. The van der Waals surface area contributed by atoms with Crippen molar-refractivity contribution in [3.8, 4) is 11.3 Å². The molecule has 1 N–H and O–H groups in total. The fraction of sp³-hybridized carbons (Fsp3) is 0.320. The van der Waals surface area contributed by atoms with Crippen molar-refractivity contribution >= 4 is 28.8 Å². The number of aromatic nitrogens is 1. The second kappa shape index (κ2) is 10.4. The van der Waals surface area contributed by atoms with Gasteiger partial charge in [-0.3, -0.25) is 9.59 Å². The van der Waals surface area contributed by atoms with E-state index < -0.39 is 0 Å².